The van der Waals surface area contributed by atoms with Gasteiger partial charge in [-0.1, -0.05) is 13.3 Å². The predicted octanol–water partition coefficient (Wildman–Crippen LogP) is 2.98. The summed E-state index contributed by atoms with van der Waals surface area (Å²) in [6.45, 7) is 2.01. The van der Waals surface area contributed by atoms with Crippen LogP contribution in [0.15, 0.2) is 12.1 Å². The second kappa shape index (κ2) is 5.70. The third-order valence-electron chi connectivity index (χ3n) is 2.12. The molecule has 0 spiro atoms. The molecule has 1 heterocycles. The zero-order valence-electron chi connectivity index (χ0n) is 9.62. The van der Waals surface area contributed by atoms with E-state index in [-0.39, 0.29) is 12.2 Å². The fourth-order valence-corrected chi connectivity index (χ4v) is 1.18. The molecule has 0 saturated carbocycles. The van der Waals surface area contributed by atoms with Crippen LogP contribution in [-0.4, -0.2) is 22.7 Å². The van der Waals surface area contributed by atoms with Crippen LogP contribution in [-0.2, 0) is 6.18 Å². The largest absolute Gasteiger partial charge is 0.477 e. The van der Waals surface area contributed by atoms with Crippen molar-refractivity contribution >= 4 is 5.97 Å². The summed E-state index contributed by atoms with van der Waals surface area (Å²) in [4.78, 5) is 14.0. The van der Waals surface area contributed by atoms with Gasteiger partial charge >= 0.3 is 12.1 Å². The molecule has 1 rings (SSSR count). The molecule has 4 nitrogen and oxygen atoms in total. The standard InChI is InChI=1S/C11H12F3NO3/c1-2-3-6-18-9-7(10(16)17)4-5-8(15-9)11(12,13)14/h4-5H,2-3,6H2,1H3,(H,16,17). The van der Waals surface area contributed by atoms with Gasteiger partial charge in [-0.25, -0.2) is 9.78 Å². The van der Waals surface area contributed by atoms with Crippen LogP contribution in [0.25, 0.3) is 0 Å². The van der Waals surface area contributed by atoms with Crippen molar-refractivity contribution in [3.05, 3.63) is 23.4 Å². The lowest BCUT2D eigenvalue weighted by Crippen LogP contribution is -2.12. The van der Waals surface area contributed by atoms with E-state index in [1.54, 1.807) is 0 Å². The first-order valence-corrected chi connectivity index (χ1v) is 5.30. The number of carboxylic acids is 1. The van der Waals surface area contributed by atoms with Crippen molar-refractivity contribution in [1.29, 1.82) is 0 Å². The summed E-state index contributed by atoms with van der Waals surface area (Å²) < 4.78 is 42.3. The van der Waals surface area contributed by atoms with Gasteiger partial charge in [0, 0.05) is 0 Å². The number of carbonyl (C=O) groups is 1. The minimum atomic E-state index is -4.63. The molecule has 0 bridgehead atoms. The molecule has 1 aromatic heterocycles. The molecule has 18 heavy (non-hydrogen) atoms. The fourth-order valence-electron chi connectivity index (χ4n) is 1.18. The Balaban J connectivity index is 3.04. The van der Waals surface area contributed by atoms with E-state index >= 15 is 0 Å². The number of alkyl halides is 3. The van der Waals surface area contributed by atoms with Crippen LogP contribution < -0.4 is 4.74 Å². The summed E-state index contributed by atoms with van der Waals surface area (Å²) >= 11 is 0. The molecule has 7 heteroatoms. The Hall–Kier alpha value is -1.79. The molecule has 0 atom stereocenters. The van der Waals surface area contributed by atoms with Crippen molar-refractivity contribution in [1.82, 2.24) is 4.98 Å². The number of rotatable bonds is 5. The molecule has 0 unspecified atom stereocenters. The van der Waals surface area contributed by atoms with E-state index in [1.165, 1.54) is 0 Å². The highest BCUT2D eigenvalue weighted by molar-refractivity contribution is 5.90. The number of hydrogen-bond acceptors (Lipinski definition) is 3. The smallest absolute Gasteiger partial charge is 0.433 e. The lowest BCUT2D eigenvalue weighted by molar-refractivity contribution is -0.141. The maximum Gasteiger partial charge on any atom is 0.433 e. The molecule has 1 aromatic rings. The lowest BCUT2D eigenvalue weighted by Gasteiger charge is -2.11. The molecule has 0 radical (unpaired) electrons. The van der Waals surface area contributed by atoms with Crippen molar-refractivity contribution in [3.8, 4) is 5.88 Å². The van der Waals surface area contributed by atoms with Crippen LogP contribution in [0.3, 0.4) is 0 Å². The van der Waals surface area contributed by atoms with Crippen LogP contribution in [0.1, 0.15) is 35.8 Å². The van der Waals surface area contributed by atoms with Gasteiger partial charge in [0.1, 0.15) is 11.3 Å². The van der Waals surface area contributed by atoms with Crippen LogP contribution in [0, 0.1) is 0 Å². The highest BCUT2D eigenvalue weighted by Crippen LogP contribution is 2.30. The van der Waals surface area contributed by atoms with Crippen molar-refractivity contribution < 1.29 is 27.8 Å². The highest BCUT2D eigenvalue weighted by atomic mass is 19.4. The summed E-state index contributed by atoms with van der Waals surface area (Å²) in [5, 5.41) is 8.81. The third-order valence-corrected chi connectivity index (χ3v) is 2.12. The molecule has 0 fully saturated rings. The minimum Gasteiger partial charge on any atom is -0.477 e. The molecular weight excluding hydrogens is 251 g/mol. The number of unbranched alkanes of at least 4 members (excludes halogenated alkanes) is 1. The Kier molecular flexibility index (Phi) is 4.52. The van der Waals surface area contributed by atoms with Gasteiger partial charge in [-0.2, -0.15) is 13.2 Å². The first kappa shape index (κ1) is 14.3. The molecular formula is C11H12F3NO3. The Morgan fingerprint density at radius 2 is 2.11 bits per heavy atom. The Bertz CT molecular complexity index is 432. The molecule has 0 aromatic carbocycles. The van der Waals surface area contributed by atoms with Crippen LogP contribution >= 0.6 is 0 Å². The molecule has 0 aliphatic carbocycles. The summed E-state index contributed by atoms with van der Waals surface area (Å²) in [6, 6.07) is 1.47. The summed E-state index contributed by atoms with van der Waals surface area (Å²) in [6.07, 6.45) is -3.24. The fraction of sp³-hybridized carbons (Fsp3) is 0.455. The monoisotopic (exact) mass is 263 g/mol. The molecule has 0 aliphatic rings. The van der Waals surface area contributed by atoms with E-state index in [0.717, 1.165) is 12.5 Å². The molecule has 1 N–H and O–H groups in total. The average Bonchev–Trinajstić information content (AvgIpc) is 2.27. The van der Waals surface area contributed by atoms with Gasteiger partial charge < -0.3 is 9.84 Å². The minimum absolute atomic E-state index is 0.130. The number of nitrogens with zero attached hydrogens (tertiary/aromatic N) is 1. The van der Waals surface area contributed by atoms with E-state index in [1.807, 2.05) is 6.92 Å². The quantitative estimate of drug-likeness (QED) is 0.829. The van der Waals surface area contributed by atoms with Crippen LogP contribution in [0.5, 0.6) is 5.88 Å². The van der Waals surface area contributed by atoms with E-state index in [2.05, 4.69) is 4.98 Å². The van der Waals surface area contributed by atoms with Crippen molar-refractivity contribution in [2.75, 3.05) is 6.61 Å². The summed E-state index contributed by atoms with van der Waals surface area (Å²) in [5.74, 6) is -1.87. The van der Waals surface area contributed by atoms with Crippen molar-refractivity contribution in [2.24, 2.45) is 0 Å². The molecule has 0 saturated heterocycles. The molecule has 100 valence electrons. The zero-order valence-corrected chi connectivity index (χ0v) is 9.62. The summed E-state index contributed by atoms with van der Waals surface area (Å²) in [5.41, 5.74) is -1.54. The number of aromatic carboxylic acids is 1. The number of pyridine rings is 1. The maximum atomic E-state index is 12.4. The molecule has 0 aliphatic heterocycles. The van der Waals surface area contributed by atoms with Crippen molar-refractivity contribution in [2.45, 2.75) is 25.9 Å². The van der Waals surface area contributed by atoms with Gasteiger partial charge in [0.15, 0.2) is 0 Å². The lowest BCUT2D eigenvalue weighted by atomic mass is 10.2. The second-order valence-electron chi connectivity index (χ2n) is 3.55. The Morgan fingerprint density at radius 3 is 2.61 bits per heavy atom. The van der Waals surface area contributed by atoms with Gasteiger partial charge in [0.05, 0.1) is 6.61 Å². The van der Waals surface area contributed by atoms with Gasteiger partial charge in [-0.15, -0.1) is 0 Å². The molecule has 0 amide bonds. The Labute approximate surface area is 101 Å². The van der Waals surface area contributed by atoms with Gasteiger partial charge in [-0.3, -0.25) is 0 Å². The number of ether oxygens (including phenoxy) is 1. The van der Waals surface area contributed by atoms with Crippen LogP contribution in [0.2, 0.25) is 0 Å². The first-order chi connectivity index (χ1) is 8.36. The highest BCUT2D eigenvalue weighted by Gasteiger charge is 2.33. The van der Waals surface area contributed by atoms with E-state index in [0.29, 0.717) is 12.5 Å². The SMILES string of the molecule is CCCCOc1nc(C(F)(F)F)ccc1C(=O)O. The van der Waals surface area contributed by atoms with E-state index in [4.69, 9.17) is 9.84 Å². The average molecular weight is 263 g/mol. The van der Waals surface area contributed by atoms with E-state index in [9.17, 15) is 18.0 Å². The normalized spacial score (nSPS) is 11.3. The number of hydrogen-bond donors (Lipinski definition) is 1. The number of aromatic nitrogens is 1. The van der Waals surface area contributed by atoms with Crippen molar-refractivity contribution in [3.63, 3.8) is 0 Å². The van der Waals surface area contributed by atoms with Gasteiger partial charge in [0.2, 0.25) is 5.88 Å². The number of carboxylic acid groups (broad SMARTS) is 1. The van der Waals surface area contributed by atoms with Gasteiger partial charge in [0.25, 0.3) is 0 Å². The summed E-state index contributed by atoms with van der Waals surface area (Å²) in [7, 11) is 0. The van der Waals surface area contributed by atoms with Crippen LogP contribution in [0.4, 0.5) is 13.2 Å². The first-order valence-electron chi connectivity index (χ1n) is 5.30. The predicted molar refractivity (Wildman–Crippen MR) is 56.6 cm³/mol. The Morgan fingerprint density at radius 1 is 1.44 bits per heavy atom. The second-order valence-corrected chi connectivity index (χ2v) is 3.55. The number of halogens is 3. The topological polar surface area (TPSA) is 59.4 Å². The maximum absolute atomic E-state index is 12.4. The third kappa shape index (κ3) is 3.61. The van der Waals surface area contributed by atoms with E-state index < -0.39 is 23.7 Å². The zero-order chi connectivity index (χ0) is 13.8. The van der Waals surface area contributed by atoms with Gasteiger partial charge in [-0.05, 0) is 18.6 Å².